The normalized spacial score (nSPS) is 24.7. The van der Waals surface area contributed by atoms with Gasteiger partial charge in [0, 0.05) is 28.4 Å². The number of benzene rings is 2. The van der Waals surface area contributed by atoms with Gasteiger partial charge in [-0.05, 0) is 44.0 Å². The predicted octanol–water partition coefficient (Wildman–Crippen LogP) is 4.42. The van der Waals surface area contributed by atoms with Crippen LogP contribution in [0.3, 0.4) is 0 Å². The van der Waals surface area contributed by atoms with Crippen LogP contribution in [-0.2, 0) is 11.3 Å². The van der Waals surface area contributed by atoms with Crippen LogP contribution in [0.2, 0.25) is 0 Å². The number of carboxylic acids is 1. The van der Waals surface area contributed by atoms with E-state index < -0.39 is 11.4 Å². The van der Waals surface area contributed by atoms with Crippen LogP contribution in [0.4, 0.5) is 0 Å². The molecule has 2 aromatic heterocycles. The van der Waals surface area contributed by atoms with E-state index in [2.05, 4.69) is 5.32 Å². The maximum Gasteiger partial charge on any atom is 0.310 e. The summed E-state index contributed by atoms with van der Waals surface area (Å²) in [6, 6.07) is 17.4. The Morgan fingerprint density at radius 3 is 2.65 bits per heavy atom. The second-order valence-corrected chi connectivity index (χ2v) is 9.03. The molecule has 0 aliphatic heterocycles. The lowest BCUT2D eigenvalue weighted by atomic mass is 10.1. The minimum Gasteiger partial charge on any atom is -0.481 e. The van der Waals surface area contributed by atoms with Crippen molar-refractivity contribution in [3.8, 4) is 0 Å². The van der Waals surface area contributed by atoms with Gasteiger partial charge in [0.1, 0.15) is 11.3 Å². The Hall–Kier alpha value is -3.54. The average molecular weight is 414 g/mol. The van der Waals surface area contributed by atoms with E-state index in [1.165, 1.54) is 0 Å². The van der Waals surface area contributed by atoms with Gasteiger partial charge in [0.2, 0.25) is 0 Å². The van der Waals surface area contributed by atoms with Crippen LogP contribution in [0.15, 0.2) is 65.2 Å². The maximum absolute atomic E-state index is 13.2. The molecule has 2 saturated carbocycles. The van der Waals surface area contributed by atoms with Crippen molar-refractivity contribution in [2.75, 3.05) is 0 Å². The highest BCUT2D eigenvalue weighted by Gasteiger charge is 2.89. The van der Waals surface area contributed by atoms with Gasteiger partial charge >= 0.3 is 5.97 Å². The maximum atomic E-state index is 13.2. The van der Waals surface area contributed by atoms with Crippen molar-refractivity contribution in [1.82, 2.24) is 9.88 Å². The monoisotopic (exact) mass is 414 g/mol. The summed E-state index contributed by atoms with van der Waals surface area (Å²) in [5, 5.41) is 14.5. The number of rotatable bonds is 6. The van der Waals surface area contributed by atoms with Gasteiger partial charge in [0.05, 0.1) is 23.0 Å². The second kappa shape index (κ2) is 6.00. The first kappa shape index (κ1) is 18.2. The molecule has 4 aromatic rings. The molecule has 2 fully saturated rings. The number of aliphatic carboxylic acids is 1. The van der Waals surface area contributed by atoms with E-state index in [4.69, 9.17) is 4.42 Å². The molecule has 6 nitrogen and oxygen atoms in total. The molecule has 2 aliphatic rings. The molecule has 2 N–H and O–H groups in total. The molecule has 31 heavy (non-hydrogen) atoms. The van der Waals surface area contributed by atoms with E-state index in [0.29, 0.717) is 24.9 Å². The van der Waals surface area contributed by atoms with Gasteiger partial charge in [0.25, 0.3) is 5.91 Å². The summed E-state index contributed by atoms with van der Waals surface area (Å²) in [4.78, 5) is 24.7. The zero-order chi connectivity index (χ0) is 21.4. The van der Waals surface area contributed by atoms with Crippen LogP contribution < -0.4 is 5.32 Å². The Morgan fingerprint density at radius 1 is 1.13 bits per heavy atom. The topological polar surface area (TPSA) is 84.5 Å². The summed E-state index contributed by atoms with van der Waals surface area (Å²) < 4.78 is 8.00. The molecule has 2 aliphatic carbocycles. The fourth-order valence-electron chi connectivity index (χ4n) is 5.29. The third-order valence-electron chi connectivity index (χ3n) is 7.36. The van der Waals surface area contributed by atoms with Gasteiger partial charge < -0.3 is 19.4 Å². The number of fused-ring (bicyclic) bond motifs is 3. The standard InChI is InChI=1S/C25H22N2O4/c1-15(24-13-25(24,14-24)23(29)30)26-22(28)19-7-4-6-16-9-10-27(21(16)19)12-18-11-17-5-2-3-8-20(17)31-18/h2-11,15H,12-14H2,1H3,(H,26,28)(H,29,30). The minimum atomic E-state index is -0.740. The molecule has 6 heteroatoms. The van der Waals surface area contributed by atoms with E-state index in [9.17, 15) is 14.7 Å². The van der Waals surface area contributed by atoms with Crippen LogP contribution in [0.1, 0.15) is 35.9 Å². The summed E-state index contributed by atoms with van der Waals surface area (Å²) >= 11 is 0. The van der Waals surface area contributed by atoms with Crippen molar-refractivity contribution < 1.29 is 19.1 Å². The number of nitrogens with one attached hydrogen (secondary N) is 1. The number of amides is 1. The zero-order valence-corrected chi connectivity index (χ0v) is 17.1. The summed E-state index contributed by atoms with van der Waals surface area (Å²) in [6.07, 6.45) is 3.28. The molecule has 0 bridgehead atoms. The lowest BCUT2D eigenvalue weighted by Crippen LogP contribution is -2.36. The first-order valence-electron chi connectivity index (χ1n) is 10.5. The summed E-state index contributed by atoms with van der Waals surface area (Å²) in [7, 11) is 0. The molecule has 6 rings (SSSR count). The Kier molecular flexibility index (Phi) is 3.53. The first-order valence-corrected chi connectivity index (χ1v) is 10.5. The third-order valence-corrected chi connectivity index (χ3v) is 7.36. The number of furan rings is 1. The molecule has 2 heterocycles. The van der Waals surface area contributed by atoms with Crippen LogP contribution in [-0.4, -0.2) is 27.6 Å². The lowest BCUT2D eigenvalue weighted by molar-refractivity contribution is -0.141. The number of carbonyl (C=O) groups excluding carboxylic acids is 1. The predicted molar refractivity (Wildman–Crippen MR) is 116 cm³/mol. The lowest BCUT2D eigenvalue weighted by Gasteiger charge is -2.17. The molecular formula is C25H22N2O4. The zero-order valence-electron chi connectivity index (χ0n) is 17.1. The van der Waals surface area contributed by atoms with Crippen LogP contribution >= 0.6 is 0 Å². The molecule has 2 aromatic carbocycles. The van der Waals surface area contributed by atoms with Gasteiger partial charge in [0.15, 0.2) is 0 Å². The molecule has 0 radical (unpaired) electrons. The number of nitrogens with zero attached hydrogens (tertiary/aromatic N) is 1. The van der Waals surface area contributed by atoms with Crippen molar-refractivity contribution in [2.24, 2.45) is 10.8 Å². The van der Waals surface area contributed by atoms with E-state index in [0.717, 1.165) is 27.6 Å². The van der Waals surface area contributed by atoms with Crippen molar-refractivity contribution in [3.63, 3.8) is 0 Å². The molecule has 156 valence electrons. The summed E-state index contributed by atoms with van der Waals surface area (Å²) in [5.41, 5.74) is 1.41. The van der Waals surface area contributed by atoms with E-state index in [-0.39, 0.29) is 17.4 Å². The van der Waals surface area contributed by atoms with Crippen molar-refractivity contribution >= 4 is 33.7 Å². The Morgan fingerprint density at radius 2 is 1.90 bits per heavy atom. The molecule has 0 saturated heterocycles. The number of aromatic nitrogens is 1. The van der Waals surface area contributed by atoms with Crippen LogP contribution in [0, 0.1) is 10.8 Å². The Balaban J connectivity index is 1.29. The SMILES string of the molecule is CC(NC(=O)c1cccc2ccn(Cc3cc4ccccc4o3)c12)C12CC1(C(=O)O)C2. The molecule has 1 unspecified atom stereocenters. The van der Waals surface area contributed by atoms with Gasteiger partial charge in [-0.25, -0.2) is 0 Å². The van der Waals surface area contributed by atoms with Crippen molar-refractivity contribution in [2.45, 2.75) is 32.4 Å². The number of hydrogen-bond donors (Lipinski definition) is 2. The second-order valence-electron chi connectivity index (χ2n) is 9.03. The highest BCUT2D eigenvalue weighted by atomic mass is 16.4. The summed E-state index contributed by atoms with van der Waals surface area (Å²) in [6.45, 7) is 2.44. The first-order chi connectivity index (χ1) is 14.9. The number of para-hydroxylation sites is 2. The fraction of sp³-hybridized carbons (Fsp3) is 0.280. The van der Waals surface area contributed by atoms with E-state index >= 15 is 0 Å². The van der Waals surface area contributed by atoms with E-state index in [1.54, 1.807) is 0 Å². The van der Waals surface area contributed by atoms with Gasteiger partial charge in [-0.3, -0.25) is 9.59 Å². The number of hydrogen-bond acceptors (Lipinski definition) is 3. The highest BCUT2D eigenvalue weighted by molar-refractivity contribution is 6.06. The number of carbonyl (C=O) groups is 2. The van der Waals surface area contributed by atoms with Crippen molar-refractivity contribution in [3.05, 3.63) is 72.1 Å². The van der Waals surface area contributed by atoms with Gasteiger partial charge in [-0.15, -0.1) is 0 Å². The van der Waals surface area contributed by atoms with Crippen LogP contribution in [0.25, 0.3) is 21.9 Å². The van der Waals surface area contributed by atoms with Gasteiger partial charge in [-0.2, -0.15) is 0 Å². The minimum absolute atomic E-state index is 0.171. The van der Waals surface area contributed by atoms with Crippen molar-refractivity contribution in [1.29, 1.82) is 0 Å². The Labute approximate surface area is 178 Å². The fourth-order valence-corrected chi connectivity index (χ4v) is 5.29. The summed E-state index contributed by atoms with van der Waals surface area (Å²) in [5.74, 6) is -0.0890. The quantitative estimate of drug-likeness (QED) is 0.489. The molecule has 1 atom stereocenters. The van der Waals surface area contributed by atoms with E-state index in [1.807, 2.05) is 72.3 Å². The third kappa shape index (κ3) is 2.51. The average Bonchev–Trinajstić information content (AvgIpc) is 3.45. The largest absolute Gasteiger partial charge is 0.481 e. The van der Waals surface area contributed by atoms with Crippen LogP contribution in [0.5, 0.6) is 0 Å². The molecule has 1 amide bonds. The smallest absolute Gasteiger partial charge is 0.310 e. The Bertz CT molecular complexity index is 1340. The van der Waals surface area contributed by atoms with Gasteiger partial charge in [-0.1, -0.05) is 30.3 Å². The molecular weight excluding hydrogens is 392 g/mol. The highest BCUT2D eigenvalue weighted by Crippen LogP contribution is 2.87. The number of carboxylic acid groups (broad SMARTS) is 1. The molecule has 0 spiro atoms.